The van der Waals surface area contributed by atoms with Gasteiger partial charge >= 0.3 is 6.09 Å². The fourth-order valence-corrected chi connectivity index (χ4v) is 3.01. The summed E-state index contributed by atoms with van der Waals surface area (Å²) in [6.07, 6.45) is 2.64. The molecule has 0 saturated heterocycles. The van der Waals surface area contributed by atoms with Gasteiger partial charge in [0.2, 0.25) is 5.88 Å². The van der Waals surface area contributed by atoms with E-state index in [1.165, 1.54) is 12.1 Å². The van der Waals surface area contributed by atoms with Gasteiger partial charge in [-0.2, -0.15) is 0 Å². The van der Waals surface area contributed by atoms with Crippen molar-refractivity contribution in [2.24, 2.45) is 0 Å². The molecule has 1 aromatic carbocycles. The minimum absolute atomic E-state index is 0.116. The van der Waals surface area contributed by atoms with Crippen molar-refractivity contribution in [1.82, 2.24) is 4.98 Å². The Labute approximate surface area is 159 Å². The summed E-state index contributed by atoms with van der Waals surface area (Å²) in [6, 6.07) is 8.14. The molecule has 1 atom stereocenters. The van der Waals surface area contributed by atoms with Crippen LogP contribution in [0.4, 0.5) is 14.9 Å². The maximum atomic E-state index is 13.1. The van der Waals surface area contributed by atoms with Crippen molar-refractivity contribution in [3.8, 4) is 5.88 Å². The molecule has 2 aromatic rings. The van der Waals surface area contributed by atoms with Crippen LogP contribution in [0.25, 0.3) is 0 Å². The molecule has 2 heterocycles. The number of hydrogen-bond acceptors (Lipinski definition) is 4. The van der Waals surface area contributed by atoms with E-state index in [9.17, 15) is 9.18 Å². The summed E-state index contributed by atoms with van der Waals surface area (Å²) in [5.74, 6) is 0.158. The monoisotopic (exact) mass is 372 g/mol. The van der Waals surface area contributed by atoms with Crippen LogP contribution in [-0.4, -0.2) is 29.3 Å². The fourth-order valence-electron chi connectivity index (χ4n) is 3.01. The van der Waals surface area contributed by atoms with Crippen molar-refractivity contribution < 1.29 is 18.7 Å². The highest BCUT2D eigenvalue weighted by molar-refractivity contribution is 5.90. The molecule has 27 heavy (non-hydrogen) atoms. The third-order valence-electron chi connectivity index (χ3n) is 4.31. The minimum atomic E-state index is -0.590. The maximum Gasteiger partial charge on any atom is 0.415 e. The Morgan fingerprint density at radius 1 is 1.30 bits per heavy atom. The first-order valence-electron chi connectivity index (χ1n) is 9.15. The average molecular weight is 372 g/mol. The molecule has 1 amide bonds. The van der Waals surface area contributed by atoms with Crippen LogP contribution in [0.3, 0.4) is 0 Å². The van der Waals surface area contributed by atoms with Crippen LogP contribution < -0.4 is 9.64 Å². The lowest BCUT2D eigenvalue weighted by atomic mass is 10.0. The van der Waals surface area contributed by atoms with E-state index >= 15 is 0 Å². The molecule has 0 N–H and O–H groups in total. The second kappa shape index (κ2) is 7.55. The quantitative estimate of drug-likeness (QED) is 0.782. The van der Waals surface area contributed by atoms with Gasteiger partial charge in [-0.3, -0.25) is 4.90 Å². The average Bonchev–Trinajstić information content (AvgIpc) is 2.61. The van der Waals surface area contributed by atoms with E-state index in [1.807, 2.05) is 33.8 Å². The standard InChI is InChI=1S/C21H25FN2O3/c1-5-17-13-26-19-18(24(17)20(25)27-21(2,3)4)11-15(12-23-19)10-14-6-8-16(22)9-7-14/h6-9,11-12,17H,5,10,13H2,1-4H3/t17-/m0/s1. The Morgan fingerprint density at radius 3 is 2.63 bits per heavy atom. The van der Waals surface area contributed by atoms with E-state index in [0.717, 1.165) is 17.5 Å². The molecule has 1 aromatic heterocycles. The first kappa shape index (κ1) is 19.1. The van der Waals surface area contributed by atoms with Crippen molar-refractivity contribution in [3.05, 3.63) is 53.5 Å². The van der Waals surface area contributed by atoms with Gasteiger partial charge in [-0.1, -0.05) is 19.1 Å². The Bertz CT molecular complexity index is 815. The maximum absolute atomic E-state index is 13.1. The summed E-state index contributed by atoms with van der Waals surface area (Å²) >= 11 is 0. The molecular formula is C21H25FN2O3. The van der Waals surface area contributed by atoms with E-state index in [-0.39, 0.29) is 11.9 Å². The van der Waals surface area contributed by atoms with Crippen LogP contribution in [0.2, 0.25) is 0 Å². The summed E-state index contributed by atoms with van der Waals surface area (Å²) in [5.41, 5.74) is 1.90. The highest BCUT2D eigenvalue weighted by atomic mass is 19.1. The molecule has 5 nitrogen and oxygen atoms in total. The van der Waals surface area contributed by atoms with Gasteiger partial charge in [-0.15, -0.1) is 0 Å². The van der Waals surface area contributed by atoms with E-state index in [4.69, 9.17) is 9.47 Å². The zero-order valence-electron chi connectivity index (χ0n) is 16.2. The molecule has 0 aliphatic carbocycles. The molecule has 144 valence electrons. The molecule has 3 rings (SSSR count). The Balaban J connectivity index is 1.92. The smallest absolute Gasteiger partial charge is 0.415 e. The Hall–Kier alpha value is -2.63. The van der Waals surface area contributed by atoms with Crippen molar-refractivity contribution >= 4 is 11.8 Å². The van der Waals surface area contributed by atoms with Crippen molar-refractivity contribution in [2.45, 2.75) is 52.2 Å². The van der Waals surface area contributed by atoms with Crippen LogP contribution in [0, 0.1) is 5.82 Å². The van der Waals surface area contributed by atoms with Crippen molar-refractivity contribution in [2.75, 3.05) is 11.5 Å². The number of anilines is 1. The van der Waals surface area contributed by atoms with Crippen LogP contribution in [0.5, 0.6) is 5.88 Å². The van der Waals surface area contributed by atoms with Crippen LogP contribution in [0.1, 0.15) is 45.2 Å². The minimum Gasteiger partial charge on any atom is -0.474 e. The summed E-state index contributed by atoms with van der Waals surface area (Å²) < 4.78 is 24.5. The lowest BCUT2D eigenvalue weighted by molar-refractivity contribution is 0.0540. The van der Waals surface area contributed by atoms with Gasteiger partial charge in [0.05, 0.1) is 6.04 Å². The first-order valence-corrected chi connectivity index (χ1v) is 9.15. The molecule has 0 spiro atoms. The van der Waals surface area contributed by atoms with Gasteiger partial charge < -0.3 is 9.47 Å². The lowest BCUT2D eigenvalue weighted by Gasteiger charge is -2.36. The van der Waals surface area contributed by atoms with Crippen LogP contribution in [0.15, 0.2) is 36.5 Å². The molecule has 1 aliphatic rings. The highest BCUT2D eigenvalue weighted by Crippen LogP contribution is 2.35. The number of hydrogen-bond donors (Lipinski definition) is 0. The first-order chi connectivity index (χ1) is 12.8. The number of nitrogens with zero attached hydrogens (tertiary/aromatic N) is 2. The van der Waals surface area contributed by atoms with Gasteiger partial charge in [0, 0.05) is 6.20 Å². The zero-order valence-corrected chi connectivity index (χ0v) is 16.2. The van der Waals surface area contributed by atoms with Gasteiger partial charge in [-0.05, 0) is 62.9 Å². The van der Waals surface area contributed by atoms with E-state index < -0.39 is 11.7 Å². The molecule has 1 aliphatic heterocycles. The number of carbonyl (C=O) groups excluding carboxylic acids is 1. The van der Waals surface area contributed by atoms with Gasteiger partial charge in [-0.25, -0.2) is 14.2 Å². The van der Waals surface area contributed by atoms with E-state index in [1.54, 1.807) is 23.2 Å². The number of fused-ring (bicyclic) bond motifs is 1. The number of amides is 1. The Morgan fingerprint density at radius 2 is 2.00 bits per heavy atom. The molecule has 0 radical (unpaired) electrons. The summed E-state index contributed by atoms with van der Waals surface area (Å²) in [4.78, 5) is 18.9. The Kier molecular flexibility index (Phi) is 5.35. The van der Waals surface area contributed by atoms with Crippen LogP contribution >= 0.6 is 0 Å². The lowest BCUT2D eigenvalue weighted by Crippen LogP contribution is -2.48. The molecular weight excluding hydrogens is 347 g/mol. The van der Waals surface area contributed by atoms with Gasteiger partial charge in [0.1, 0.15) is 23.7 Å². The largest absolute Gasteiger partial charge is 0.474 e. The molecule has 0 unspecified atom stereocenters. The van der Waals surface area contributed by atoms with Gasteiger partial charge in [0.15, 0.2) is 0 Å². The highest BCUT2D eigenvalue weighted by Gasteiger charge is 2.35. The number of ether oxygens (including phenoxy) is 2. The molecule has 0 fully saturated rings. The third kappa shape index (κ3) is 4.56. The summed E-state index contributed by atoms with van der Waals surface area (Å²) in [6.45, 7) is 7.92. The normalized spacial score (nSPS) is 16.5. The van der Waals surface area contributed by atoms with Gasteiger partial charge in [0.25, 0.3) is 0 Å². The molecule has 6 heteroatoms. The molecule has 0 bridgehead atoms. The summed E-state index contributed by atoms with van der Waals surface area (Å²) in [7, 11) is 0. The number of benzene rings is 1. The number of halogens is 1. The van der Waals surface area contributed by atoms with Crippen molar-refractivity contribution in [1.29, 1.82) is 0 Å². The molecule has 0 saturated carbocycles. The SMILES string of the molecule is CC[C@H]1COc2ncc(Cc3ccc(F)cc3)cc2N1C(=O)OC(C)(C)C. The fraction of sp³-hybridized carbons (Fsp3) is 0.429. The number of pyridine rings is 1. The number of rotatable bonds is 3. The second-order valence-electron chi connectivity index (χ2n) is 7.69. The third-order valence-corrected chi connectivity index (χ3v) is 4.31. The topological polar surface area (TPSA) is 51.7 Å². The zero-order chi connectivity index (χ0) is 19.6. The predicted molar refractivity (Wildman–Crippen MR) is 102 cm³/mol. The van der Waals surface area contributed by atoms with Crippen LogP contribution in [-0.2, 0) is 11.2 Å². The second-order valence-corrected chi connectivity index (χ2v) is 7.69. The van der Waals surface area contributed by atoms with Crippen molar-refractivity contribution in [3.63, 3.8) is 0 Å². The summed E-state index contributed by atoms with van der Waals surface area (Å²) in [5, 5.41) is 0. The van der Waals surface area contributed by atoms with E-state index in [0.29, 0.717) is 24.6 Å². The number of carbonyl (C=O) groups is 1. The number of aromatic nitrogens is 1. The predicted octanol–water partition coefficient (Wildman–Crippen LogP) is 4.72. The van der Waals surface area contributed by atoms with E-state index in [2.05, 4.69) is 4.98 Å².